The zero-order valence-electron chi connectivity index (χ0n) is 47.2. The van der Waals surface area contributed by atoms with Gasteiger partial charge in [0.1, 0.15) is 13.2 Å². The molecule has 0 aromatic rings. The van der Waals surface area contributed by atoms with Crippen molar-refractivity contribution in [2.75, 3.05) is 13.2 Å². The molecule has 0 saturated heterocycles. The SMILES string of the molecule is CC/C=C\C/C=C\C/C=C\C/C=C\C/C=C\CCCCCCCCCCCCCCCC(=O)OCC(COC(=O)CCCCCCC)OC(=O)CCCCCCCCCCCCCCCCCCCCC. The first-order chi connectivity index (χ1) is 35.0. The fourth-order valence-corrected chi connectivity index (χ4v) is 8.94. The quantitative estimate of drug-likeness (QED) is 0.0261. The van der Waals surface area contributed by atoms with Crippen LogP contribution >= 0.6 is 0 Å². The second-order valence-corrected chi connectivity index (χ2v) is 20.6. The highest BCUT2D eigenvalue weighted by molar-refractivity contribution is 5.71. The third-order valence-corrected chi connectivity index (χ3v) is 13.5. The summed E-state index contributed by atoms with van der Waals surface area (Å²) in [6, 6.07) is 0. The lowest BCUT2D eigenvalue weighted by Crippen LogP contribution is -2.30. The minimum absolute atomic E-state index is 0.0708. The first-order valence-corrected chi connectivity index (χ1v) is 30.8. The summed E-state index contributed by atoms with van der Waals surface area (Å²) in [7, 11) is 0. The highest BCUT2D eigenvalue weighted by Gasteiger charge is 2.19. The normalized spacial score (nSPS) is 12.4. The molecule has 0 heterocycles. The largest absolute Gasteiger partial charge is 0.462 e. The lowest BCUT2D eigenvalue weighted by Gasteiger charge is -2.18. The number of unbranched alkanes of at least 4 members (excludes halogenated alkanes) is 35. The highest BCUT2D eigenvalue weighted by Crippen LogP contribution is 2.17. The van der Waals surface area contributed by atoms with E-state index in [-0.39, 0.29) is 31.1 Å². The van der Waals surface area contributed by atoms with Crippen molar-refractivity contribution in [2.45, 2.75) is 322 Å². The molecule has 0 radical (unpaired) electrons. The standard InChI is InChI=1S/C65H116O6/c1-4-7-10-13-15-17-19-21-23-25-27-28-29-30-31-32-33-34-35-36-38-39-41-43-45-47-49-52-55-58-64(67)70-61-62(60-69-63(66)57-54-51-12-9-6-3)71-65(68)59-56-53-50-48-46-44-42-40-37-26-24-22-20-18-16-14-11-8-5-2/h7,10,15,17,21,23,27-28,30-31,62H,4-6,8-9,11-14,16,18-20,22,24-26,29,32-61H2,1-3H3/b10-7-,17-15-,23-21-,28-27-,31-30-. The molecule has 0 bridgehead atoms. The molecular formula is C65H116O6. The van der Waals surface area contributed by atoms with Crippen LogP contribution in [0.15, 0.2) is 60.8 Å². The number of carbonyl (C=O) groups excluding carboxylic acids is 3. The van der Waals surface area contributed by atoms with Gasteiger partial charge < -0.3 is 14.2 Å². The van der Waals surface area contributed by atoms with E-state index in [0.717, 1.165) is 96.3 Å². The minimum atomic E-state index is -0.768. The van der Waals surface area contributed by atoms with Gasteiger partial charge in [-0.2, -0.15) is 0 Å². The van der Waals surface area contributed by atoms with E-state index in [1.54, 1.807) is 0 Å². The van der Waals surface area contributed by atoms with Crippen LogP contribution in [0.3, 0.4) is 0 Å². The van der Waals surface area contributed by atoms with E-state index in [2.05, 4.69) is 81.5 Å². The minimum Gasteiger partial charge on any atom is -0.462 e. The zero-order valence-corrected chi connectivity index (χ0v) is 47.2. The topological polar surface area (TPSA) is 78.9 Å². The van der Waals surface area contributed by atoms with Crippen LogP contribution in [0.25, 0.3) is 0 Å². The summed E-state index contributed by atoms with van der Waals surface area (Å²) in [6.07, 6.45) is 75.6. The third-order valence-electron chi connectivity index (χ3n) is 13.5. The van der Waals surface area contributed by atoms with Crippen molar-refractivity contribution in [3.05, 3.63) is 60.8 Å². The fourth-order valence-electron chi connectivity index (χ4n) is 8.94. The maximum atomic E-state index is 12.8. The van der Waals surface area contributed by atoms with Crippen molar-refractivity contribution < 1.29 is 28.6 Å². The summed E-state index contributed by atoms with van der Waals surface area (Å²) in [5.41, 5.74) is 0. The van der Waals surface area contributed by atoms with Crippen molar-refractivity contribution in [1.29, 1.82) is 0 Å². The van der Waals surface area contributed by atoms with Crippen molar-refractivity contribution in [2.24, 2.45) is 0 Å². The second-order valence-electron chi connectivity index (χ2n) is 20.6. The molecule has 71 heavy (non-hydrogen) atoms. The van der Waals surface area contributed by atoms with Crippen LogP contribution in [0.4, 0.5) is 0 Å². The zero-order chi connectivity index (χ0) is 51.4. The molecule has 0 aliphatic carbocycles. The maximum absolute atomic E-state index is 12.8. The Morgan fingerprint density at radius 2 is 0.549 bits per heavy atom. The van der Waals surface area contributed by atoms with Crippen LogP contribution in [0.2, 0.25) is 0 Å². The number of ether oxygens (including phenoxy) is 3. The monoisotopic (exact) mass is 993 g/mol. The summed E-state index contributed by atoms with van der Waals surface area (Å²) in [5.74, 6) is -0.870. The molecule has 412 valence electrons. The maximum Gasteiger partial charge on any atom is 0.306 e. The summed E-state index contributed by atoms with van der Waals surface area (Å²) >= 11 is 0. The lowest BCUT2D eigenvalue weighted by atomic mass is 10.0. The number of hydrogen-bond acceptors (Lipinski definition) is 6. The Hall–Kier alpha value is -2.89. The van der Waals surface area contributed by atoms with Gasteiger partial charge in [-0.1, -0.05) is 293 Å². The molecule has 1 atom stereocenters. The summed E-state index contributed by atoms with van der Waals surface area (Å²) < 4.78 is 16.8. The smallest absolute Gasteiger partial charge is 0.306 e. The molecule has 0 aliphatic heterocycles. The van der Waals surface area contributed by atoms with Crippen LogP contribution < -0.4 is 0 Å². The van der Waals surface area contributed by atoms with Crippen molar-refractivity contribution in [1.82, 2.24) is 0 Å². The van der Waals surface area contributed by atoms with Crippen LogP contribution in [0.5, 0.6) is 0 Å². The second kappa shape index (κ2) is 59.7. The molecule has 0 aliphatic rings. The van der Waals surface area contributed by atoms with Gasteiger partial charge >= 0.3 is 17.9 Å². The van der Waals surface area contributed by atoms with Gasteiger partial charge in [0, 0.05) is 19.3 Å². The van der Waals surface area contributed by atoms with E-state index >= 15 is 0 Å². The Bertz CT molecular complexity index is 1280. The molecule has 0 amide bonds. The Morgan fingerprint density at radius 1 is 0.296 bits per heavy atom. The van der Waals surface area contributed by atoms with Crippen molar-refractivity contribution >= 4 is 17.9 Å². The predicted molar refractivity (Wildman–Crippen MR) is 307 cm³/mol. The van der Waals surface area contributed by atoms with E-state index in [1.807, 2.05) is 0 Å². The van der Waals surface area contributed by atoms with Crippen LogP contribution in [-0.4, -0.2) is 37.2 Å². The molecular weight excluding hydrogens is 877 g/mol. The Labute approximate surface area is 440 Å². The number of carbonyl (C=O) groups is 3. The van der Waals surface area contributed by atoms with Gasteiger partial charge in [0.2, 0.25) is 0 Å². The van der Waals surface area contributed by atoms with Gasteiger partial charge in [-0.05, 0) is 64.2 Å². The van der Waals surface area contributed by atoms with Crippen LogP contribution in [0, 0.1) is 0 Å². The van der Waals surface area contributed by atoms with Gasteiger partial charge in [0.15, 0.2) is 6.10 Å². The molecule has 0 saturated carbocycles. The average molecular weight is 994 g/mol. The number of allylic oxidation sites excluding steroid dienone is 10. The fraction of sp³-hybridized carbons (Fsp3) is 0.800. The average Bonchev–Trinajstić information content (AvgIpc) is 3.37. The first-order valence-electron chi connectivity index (χ1n) is 30.8. The predicted octanol–water partition coefficient (Wildman–Crippen LogP) is 20.8. The van der Waals surface area contributed by atoms with Gasteiger partial charge in [-0.25, -0.2) is 0 Å². The summed E-state index contributed by atoms with van der Waals surface area (Å²) in [4.78, 5) is 37.9. The van der Waals surface area contributed by atoms with E-state index in [9.17, 15) is 14.4 Å². The van der Waals surface area contributed by atoms with E-state index in [1.165, 1.54) is 180 Å². The van der Waals surface area contributed by atoms with E-state index in [0.29, 0.717) is 19.3 Å². The number of hydrogen-bond donors (Lipinski definition) is 0. The first kappa shape index (κ1) is 68.1. The highest BCUT2D eigenvalue weighted by atomic mass is 16.6. The van der Waals surface area contributed by atoms with E-state index in [4.69, 9.17) is 14.2 Å². The van der Waals surface area contributed by atoms with Gasteiger partial charge in [-0.3, -0.25) is 14.4 Å². The van der Waals surface area contributed by atoms with Gasteiger partial charge in [0.25, 0.3) is 0 Å². The summed E-state index contributed by atoms with van der Waals surface area (Å²) in [6.45, 7) is 6.48. The molecule has 0 aromatic heterocycles. The molecule has 0 fully saturated rings. The molecule has 0 aromatic carbocycles. The van der Waals surface area contributed by atoms with Crippen molar-refractivity contribution in [3.8, 4) is 0 Å². The van der Waals surface area contributed by atoms with Gasteiger partial charge in [0.05, 0.1) is 0 Å². The molecule has 0 spiro atoms. The van der Waals surface area contributed by atoms with E-state index < -0.39 is 6.10 Å². The number of esters is 3. The lowest BCUT2D eigenvalue weighted by molar-refractivity contribution is -0.167. The molecule has 0 N–H and O–H groups in total. The Morgan fingerprint density at radius 3 is 0.859 bits per heavy atom. The number of rotatable bonds is 56. The molecule has 0 rings (SSSR count). The third kappa shape index (κ3) is 57.9. The van der Waals surface area contributed by atoms with Crippen LogP contribution in [-0.2, 0) is 28.6 Å². The molecule has 6 nitrogen and oxygen atoms in total. The van der Waals surface area contributed by atoms with Crippen molar-refractivity contribution in [3.63, 3.8) is 0 Å². The Balaban J connectivity index is 4.00. The van der Waals surface area contributed by atoms with Gasteiger partial charge in [-0.15, -0.1) is 0 Å². The molecule has 6 heteroatoms. The Kier molecular flexibility index (Phi) is 57.2. The summed E-state index contributed by atoms with van der Waals surface area (Å²) in [5, 5.41) is 0. The van der Waals surface area contributed by atoms with Crippen LogP contribution in [0.1, 0.15) is 316 Å². The molecule has 1 unspecified atom stereocenters.